The number of carbonyl (C=O) groups is 2. The summed E-state index contributed by atoms with van der Waals surface area (Å²) in [5.41, 5.74) is 3.28. The SMILES string of the molecule is O=C(O)C1CC2CCCCC2N1C(=O)c1ccc2c(c1)CCC2. The molecule has 23 heavy (non-hydrogen) atoms. The maximum Gasteiger partial charge on any atom is 0.326 e. The van der Waals surface area contributed by atoms with E-state index in [1.54, 1.807) is 4.90 Å². The first-order chi connectivity index (χ1) is 11.1. The molecule has 1 N–H and O–H groups in total. The Bertz CT molecular complexity index is 654. The highest BCUT2D eigenvalue weighted by Gasteiger charge is 2.47. The normalized spacial score (nSPS) is 29.2. The maximum atomic E-state index is 13.1. The van der Waals surface area contributed by atoms with Crippen LogP contribution in [0.1, 0.15) is 60.0 Å². The minimum atomic E-state index is -0.853. The van der Waals surface area contributed by atoms with Crippen LogP contribution in [0.5, 0.6) is 0 Å². The molecule has 0 radical (unpaired) electrons. The zero-order valence-corrected chi connectivity index (χ0v) is 13.3. The molecule has 1 heterocycles. The molecule has 3 aliphatic rings. The van der Waals surface area contributed by atoms with Gasteiger partial charge in [-0.1, -0.05) is 18.9 Å². The van der Waals surface area contributed by atoms with Gasteiger partial charge in [-0.3, -0.25) is 4.79 Å². The number of benzene rings is 1. The summed E-state index contributed by atoms with van der Waals surface area (Å²) in [4.78, 5) is 26.5. The first-order valence-electron chi connectivity index (χ1n) is 8.82. The number of likely N-dealkylation sites (tertiary alicyclic amines) is 1. The number of hydrogen-bond donors (Lipinski definition) is 1. The molecule has 1 aromatic rings. The van der Waals surface area contributed by atoms with Gasteiger partial charge in [-0.2, -0.15) is 0 Å². The monoisotopic (exact) mass is 313 g/mol. The van der Waals surface area contributed by atoms with E-state index in [2.05, 4.69) is 6.07 Å². The summed E-state index contributed by atoms with van der Waals surface area (Å²) in [5, 5.41) is 9.59. The van der Waals surface area contributed by atoms with Gasteiger partial charge < -0.3 is 10.0 Å². The van der Waals surface area contributed by atoms with E-state index >= 15 is 0 Å². The lowest BCUT2D eigenvalue weighted by atomic mass is 9.84. The summed E-state index contributed by atoms with van der Waals surface area (Å²) < 4.78 is 0. The van der Waals surface area contributed by atoms with E-state index in [-0.39, 0.29) is 11.9 Å². The number of carbonyl (C=O) groups excluding carboxylic acids is 1. The molecule has 1 saturated carbocycles. The third kappa shape index (κ3) is 2.44. The van der Waals surface area contributed by atoms with Gasteiger partial charge in [0.1, 0.15) is 6.04 Å². The van der Waals surface area contributed by atoms with Gasteiger partial charge in [0.2, 0.25) is 0 Å². The molecule has 0 spiro atoms. The Balaban J connectivity index is 1.66. The van der Waals surface area contributed by atoms with E-state index in [0.29, 0.717) is 17.9 Å². The Hall–Kier alpha value is -1.84. The first-order valence-corrected chi connectivity index (χ1v) is 8.82. The number of amides is 1. The highest BCUT2D eigenvalue weighted by Crippen LogP contribution is 2.40. The molecule has 1 aromatic carbocycles. The Morgan fingerprint density at radius 2 is 1.83 bits per heavy atom. The standard InChI is InChI=1S/C19H23NO3/c21-18(15-9-8-12-5-3-6-13(12)10-15)20-16-7-2-1-4-14(16)11-17(20)19(22)23/h8-10,14,16-17H,1-7,11H2,(H,22,23). The molecule has 1 aliphatic heterocycles. The smallest absolute Gasteiger partial charge is 0.326 e. The first kappa shape index (κ1) is 14.7. The topological polar surface area (TPSA) is 57.6 Å². The van der Waals surface area contributed by atoms with E-state index in [4.69, 9.17) is 0 Å². The molecule has 4 rings (SSSR count). The average Bonchev–Trinajstić information content (AvgIpc) is 3.17. The number of carboxylic acids is 1. The van der Waals surface area contributed by atoms with Crippen LogP contribution in [0.2, 0.25) is 0 Å². The van der Waals surface area contributed by atoms with Gasteiger partial charge in [0, 0.05) is 11.6 Å². The number of aliphatic carboxylic acids is 1. The van der Waals surface area contributed by atoms with Gasteiger partial charge in [-0.05, 0) is 67.7 Å². The number of rotatable bonds is 2. The van der Waals surface area contributed by atoms with Crippen LogP contribution in [0.3, 0.4) is 0 Å². The summed E-state index contributed by atoms with van der Waals surface area (Å²) in [5.74, 6) is -0.571. The van der Waals surface area contributed by atoms with Crippen molar-refractivity contribution in [2.75, 3.05) is 0 Å². The molecule has 4 heteroatoms. The third-order valence-corrected chi connectivity index (χ3v) is 5.95. The number of fused-ring (bicyclic) bond motifs is 2. The maximum absolute atomic E-state index is 13.1. The van der Waals surface area contributed by atoms with Crippen LogP contribution >= 0.6 is 0 Å². The number of hydrogen-bond acceptors (Lipinski definition) is 2. The van der Waals surface area contributed by atoms with E-state index < -0.39 is 12.0 Å². The predicted molar refractivity (Wildman–Crippen MR) is 86.4 cm³/mol. The Labute approximate surface area is 136 Å². The molecule has 3 atom stereocenters. The van der Waals surface area contributed by atoms with Crippen molar-refractivity contribution in [2.45, 2.75) is 63.5 Å². The third-order valence-electron chi connectivity index (χ3n) is 5.95. The second-order valence-corrected chi connectivity index (χ2v) is 7.25. The number of nitrogens with zero attached hydrogens (tertiary/aromatic N) is 1. The van der Waals surface area contributed by atoms with Crippen LogP contribution in [0.15, 0.2) is 18.2 Å². The van der Waals surface area contributed by atoms with Gasteiger partial charge >= 0.3 is 5.97 Å². The quantitative estimate of drug-likeness (QED) is 0.913. The highest BCUT2D eigenvalue weighted by atomic mass is 16.4. The Morgan fingerprint density at radius 1 is 1.04 bits per heavy atom. The molecule has 2 fully saturated rings. The molecule has 122 valence electrons. The van der Waals surface area contributed by atoms with Gasteiger partial charge in [0.05, 0.1) is 0 Å². The van der Waals surface area contributed by atoms with E-state index in [1.165, 1.54) is 11.1 Å². The summed E-state index contributed by atoms with van der Waals surface area (Å²) in [6.07, 6.45) is 8.17. The zero-order valence-electron chi connectivity index (χ0n) is 13.3. The van der Waals surface area contributed by atoms with Crippen molar-refractivity contribution in [1.29, 1.82) is 0 Å². The van der Waals surface area contributed by atoms with Crippen LogP contribution in [0.4, 0.5) is 0 Å². The van der Waals surface area contributed by atoms with Crippen molar-refractivity contribution < 1.29 is 14.7 Å². The highest BCUT2D eigenvalue weighted by molar-refractivity contribution is 5.97. The molecule has 4 nitrogen and oxygen atoms in total. The zero-order chi connectivity index (χ0) is 16.0. The predicted octanol–water partition coefficient (Wildman–Crippen LogP) is 3.03. The molecule has 0 aromatic heterocycles. The second-order valence-electron chi connectivity index (χ2n) is 7.25. The van der Waals surface area contributed by atoms with Crippen LogP contribution < -0.4 is 0 Å². The fourth-order valence-electron chi connectivity index (χ4n) is 4.83. The lowest BCUT2D eigenvalue weighted by Gasteiger charge is -2.33. The molecule has 2 aliphatic carbocycles. The van der Waals surface area contributed by atoms with Crippen molar-refractivity contribution in [1.82, 2.24) is 4.90 Å². The number of carboxylic acid groups (broad SMARTS) is 1. The lowest BCUT2D eigenvalue weighted by molar-refractivity contribution is -0.141. The van der Waals surface area contributed by atoms with E-state index in [9.17, 15) is 14.7 Å². The van der Waals surface area contributed by atoms with Crippen molar-refractivity contribution >= 4 is 11.9 Å². The Kier molecular flexibility index (Phi) is 3.63. The van der Waals surface area contributed by atoms with Gasteiger partial charge in [0.15, 0.2) is 0 Å². The van der Waals surface area contributed by atoms with Crippen molar-refractivity contribution in [3.05, 3.63) is 34.9 Å². The largest absolute Gasteiger partial charge is 0.480 e. The minimum Gasteiger partial charge on any atom is -0.480 e. The van der Waals surface area contributed by atoms with Crippen LogP contribution in [0.25, 0.3) is 0 Å². The second kappa shape index (κ2) is 5.66. The summed E-state index contributed by atoms with van der Waals surface area (Å²) in [6.45, 7) is 0. The van der Waals surface area contributed by atoms with Crippen molar-refractivity contribution in [3.8, 4) is 0 Å². The Morgan fingerprint density at radius 3 is 2.65 bits per heavy atom. The fraction of sp³-hybridized carbons (Fsp3) is 0.579. The molecule has 1 saturated heterocycles. The van der Waals surface area contributed by atoms with Crippen LogP contribution in [-0.4, -0.2) is 34.0 Å². The average molecular weight is 313 g/mol. The molecule has 0 bridgehead atoms. The molecular weight excluding hydrogens is 290 g/mol. The van der Waals surface area contributed by atoms with Gasteiger partial charge in [-0.15, -0.1) is 0 Å². The number of aryl methyl sites for hydroxylation is 2. The molecule has 3 unspecified atom stereocenters. The van der Waals surface area contributed by atoms with Gasteiger partial charge in [-0.25, -0.2) is 4.79 Å². The van der Waals surface area contributed by atoms with Crippen molar-refractivity contribution in [3.63, 3.8) is 0 Å². The molecular formula is C19H23NO3. The lowest BCUT2D eigenvalue weighted by Crippen LogP contribution is -2.46. The van der Waals surface area contributed by atoms with Crippen molar-refractivity contribution in [2.24, 2.45) is 5.92 Å². The van der Waals surface area contributed by atoms with Crippen LogP contribution in [-0.2, 0) is 17.6 Å². The summed E-state index contributed by atoms with van der Waals surface area (Å²) >= 11 is 0. The summed E-state index contributed by atoms with van der Waals surface area (Å²) in [7, 11) is 0. The van der Waals surface area contributed by atoms with E-state index in [0.717, 1.165) is 44.9 Å². The molecule has 1 amide bonds. The summed E-state index contributed by atoms with van der Waals surface area (Å²) in [6, 6.07) is 5.41. The fourth-order valence-corrected chi connectivity index (χ4v) is 4.83. The van der Waals surface area contributed by atoms with E-state index in [1.807, 2.05) is 12.1 Å². The minimum absolute atomic E-state index is 0.0819. The van der Waals surface area contributed by atoms with Crippen LogP contribution in [0, 0.1) is 5.92 Å². The van der Waals surface area contributed by atoms with Gasteiger partial charge in [0.25, 0.3) is 5.91 Å².